The van der Waals surface area contributed by atoms with Gasteiger partial charge in [-0.15, -0.1) is 0 Å². The van der Waals surface area contributed by atoms with E-state index in [-0.39, 0.29) is 0 Å². The van der Waals surface area contributed by atoms with Crippen LogP contribution < -0.4 is 0 Å². The first kappa shape index (κ1) is 14.9. The van der Waals surface area contributed by atoms with Crippen LogP contribution in [0, 0.1) is 11.8 Å². The number of benzene rings is 1. The SMILES string of the molecule is CCC(c1nc2ccc(Cl)cc2[nH]1)N1CC(C)CC(C)C1. The van der Waals surface area contributed by atoms with Crippen molar-refractivity contribution in [1.82, 2.24) is 14.9 Å². The minimum atomic E-state index is 0.376. The van der Waals surface area contributed by atoms with E-state index in [1.807, 2.05) is 18.2 Å². The molecule has 0 aliphatic carbocycles. The summed E-state index contributed by atoms with van der Waals surface area (Å²) in [7, 11) is 0. The number of imidazole rings is 1. The lowest BCUT2D eigenvalue weighted by atomic mass is 9.90. The Morgan fingerprint density at radius 2 is 2.05 bits per heavy atom. The molecule has 3 nitrogen and oxygen atoms in total. The zero-order valence-electron chi connectivity index (χ0n) is 13.1. The molecule has 1 aromatic carbocycles. The number of fused-ring (bicyclic) bond motifs is 1. The van der Waals surface area contributed by atoms with Crippen LogP contribution in [0.25, 0.3) is 11.0 Å². The maximum atomic E-state index is 6.07. The van der Waals surface area contributed by atoms with E-state index in [9.17, 15) is 0 Å². The Morgan fingerprint density at radius 3 is 2.71 bits per heavy atom. The molecular weight excluding hydrogens is 282 g/mol. The van der Waals surface area contributed by atoms with Crippen molar-refractivity contribution >= 4 is 22.6 Å². The number of aromatic nitrogens is 2. The monoisotopic (exact) mass is 305 g/mol. The largest absolute Gasteiger partial charge is 0.341 e. The number of H-pyrrole nitrogens is 1. The summed E-state index contributed by atoms with van der Waals surface area (Å²) in [6, 6.07) is 6.23. The molecule has 0 spiro atoms. The van der Waals surface area contributed by atoms with Crippen LogP contribution in [0.3, 0.4) is 0 Å². The zero-order valence-corrected chi connectivity index (χ0v) is 13.8. The van der Waals surface area contributed by atoms with Crippen molar-refractivity contribution in [2.75, 3.05) is 13.1 Å². The molecule has 1 aliphatic rings. The second kappa shape index (κ2) is 5.98. The van der Waals surface area contributed by atoms with Crippen LogP contribution in [-0.4, -0.2) is 28.0 Å². The molecule has 4 heteroatoms. The number of hydrogen-bond acceptors (Lipinski definition) is 2. The predicted octanol–water partition coefficient (Wildman–Crippen LogP) is 4.65. The Balaban J connectivity index is 1.90. The summed E-state index contributed by atoms with van der Waals surface area (Å²) in [5, 5.41) is 0.756. The maximum Gasteiger partial charge on any atom is 0.124 e. The third-order valence-electron chi connectivity index (χ3n) is 4.50. The standard InChI is InChI=1S/C17H24ClN3/c1-4-16(21-9-11(2)7-12(3)10-21)17-19-14-6-5-13(18)8-15(14)20-17/h5-6,8,11-12,16H,4,7,9-10H2,1-3H3,(H,19,20). The molecular formula is C17H24ClN3. The average molecular weight is 306 g/mol. The Hall–Kier alpha value is -1.06. The minimum Gasteiger partial charge on any atom is -0.341 e. The Morgan fingerprint density at radius 1 is 1.33 bits per heavy atom. The fourth-order valence-electron chi connectivity index (χ4n) is 3.75. The molecule has 3 atom stereocenters. The molecule has 3 rings (SSSR count). The number of piperidine rings is 1. The molecule has 0 saturated carbocycles. The van der Waals surface area contributed by atoms with Gasteiger partial charge >= 0.3 is 0 Å². The van der Waals surface area contributed by atoms with E-state index in [0.717, 1.165) is 40.1 Å². The molecule has 1 saturated heterocycles. The van der Waals surface area contributed by atoms with Crippen LogP contribution in [0.1, 0.15) is 45.5 Å². The van der Waals surface area contributed by atoms with Gasteiger partial charge in [0.2, 0.25) is 0 Å². The summed E-state index contributed by atoms with van der Waals surface area (Å²) >= 11 is 6.07. The van der Waals surface area contributed by atoms with Gasteiger partial charge in [-0.3, -0.25) is 4.90 Å². The van der Waals surface area contributed by atoms with E-state index in [1.165, 1.54) is 19.5 Å². The zero-order chi connectivity index (χ0) is 15.0. The molecule has 0 bridgehead atoms. The molecule has 0 amide bonds. The number of nitrogens with zero attached hydrogens (tertiary/aromatic N) is 2. The molecule has 2 aromatic rings. The molecule has 1 aromatic heterocycles. The lowest BCUT2D eigenvalue weighted by molar-refractivity contribution is 0.0893. The van der Waals surface area contributed by atoms with Crippen LogP contribution in [0.15, 0.2) is 18.2 Å². The van der Waals surface area contributed by atoms with E-state index in [0.29, 0.717) is 6.04 Å². The Labute approximate surface area is 131 Å². The Kier molecular flexibility index (Phi) is 4.23. The van der Waals surface area contributed by atoms with Crippen molar-refractivity contribution in [3.05, 3.63) is 29.0 Å². The van der Waals surface area contributed by atoms with Gasteiger partial charge < -0.3 is 4.98 Å². The number of hydrogen-bond donors (Lipinski definition) is 1. The first-order valence-electron chi connectivity index (χ1n) is 7.96. The Bertz CT molecular complexity index is 612. The van der Waals surface area contributed by atoms with Gasteiger partial charge in [-0.25, -0.2) is 4.98 Å². The van der Waals surface area contributed by atoms with Gasteiger partial charge in [-0.1, -0.05) is 32.4 Å². The summed E-state index contributed by atoms with van der Waals surface area (Å²) in [6.45, 7) is 9.29. The first-order chi connectivity index (χ1) is 10.1. The van der Waals surface area contributed by atoms with Gasteiger partial charge in [0.25, 0.3) is 0 Å². The van der Waals surface area contributed by atoms with Gasteiger partial charge in [0.05, 0.1) is 17.1 Å². The van der Waals surface area contributed by atoms with E-state index < -0.39 is 0 Å². The van der Waals surface area contributed by atoms with Crippen LogP contribution in [0.4, 0.5) is 0 Å². The summed E-state index contributed by atoms with van der Waals surface area (Å²) in [4.78, 5) is 10.9. The summed E-state index contributed by atoms with van der Waals surface area (Å²) in [5.41, 5.74) is 2.04. The smallest absolute Gasteiger partial charge is 0.124 e. The molecule has 1 N–H and O–H groups in total. The molecule has 2 heterocycles. The lowest BCUT2D eigenvalue weighted by Gasteiger charge is -2.39. The number of nitrogens with one attached hydrogen (secondary N) is 1. The number of likely N-dealkylation sites (tertiary alicyclic amines) is 1. The van der Waals surface area contributed by atoms with Crippen molar-refractivity contribution < 1.29 is 0 Å². The van der Waals surface area contributed by atoms with Crippen molar-refractivity contribution in [2.45, 2.75) is 39.7 Å². The highest BCUT2D eigenvalue weighted by Gasteiger charge is 2.29. The molecule has 1 aliphatic heterocycles. The third-order valence-corrected chi connectivity index (χ3v) is 4.74. The summed E-state index contributed by atoms with van der Waals surface area (Å²) in [6.07, 6.45) is 2.41. The van der Waals surface area contributed by atoms with Crippen molar-refractivity contribution in [2.24, 2.45) is 11.8 Å². The molecule has 3 unspecified atom stereocenters. The number of halogens is 1. The molecule has 0 radical (unpaired) electrons. The highest BCUT2D eigenvalue weighted by Crippen LogP contribution is 2.31. The average Bonchev–Trinajstić information content (AvgIpc) is 2.81. The predicted molar refractivity (Wildman–Crippen MR) is 88.7 cm³/mol. The molecule has 1 fully saturated rings. The number of rotatable bonds is 3. The van der Waals surface area contributed by atoms with Crippen LogP contribution in [0.2, 0.25) is 5.02 Å². The third kappa shape index (κ3) is 3.09. The van der Waals surface area contributed by atoms with Gasteiger partial charge in [0, 0.05) is 18.1 Å². The van der Waals surface area contributed by atoms with E-state index in [2.05, 4.69) is 30.7 Å². The first-order valence-corrected chi connectivity index (χ1v) is 8.33. The van der Waals surface area contributed by atoms with Crippen LogP contribution >= 0.6 is 11.6 Å². The van der Waals surface area contributed by atoms with Gasteiger partial charge in [0.15, 0.2) is 0 Å². The summed E-state index contributed by atoms with van der Waals surface area (Å²) < 4.78 is 0. The van der Waals surface area contributed by atoms with Crippen molar-refractivity contribution in [1.29, 1.82) is 0 Å². The maximum absolute atomic E-state index is 6.07. The lowest BCUT2D eigenvalue weighted by Crippen LogP contribution is -2.41. The van der Waals surface area contributed by atoms with Crippen LogP contribution in [0.5, 0.6) is 0 Å². The second-order valence-electron chi connectivity index (χ2n) is 6.61. The normalized spacial score (nSPS) is 25.3. The quantitative estimate of drug-likeness (QED) is 0.895. The van der Waals surface area contributed by atoms with E-state index in [1.54, 1.807) is 0 Å². The summed E-state index contributed by atoms with van der Waals surface area (Å²) in [5.74, 6) is 2.61. The fraction of sp³-hybridized carbons (Fsp3) is 0.588. The highest BCUT2D eigenvalue weighted by molar-refractivity contribution is 6.31. The van der Waals surface area contributed by atoms with Crippen molar-refractivity contribution in [3.63, 3.8) is 0 Å². The minimum absolute atomic E-state index is 0.376. The topological polar surface area (TPSA) is 31.9 Å². The molecule has 21 heavy (non-hydrogen) atoms. The second-order valence-corrected chi connectivity index (χ2v) is 7.04. The fourth-order valence-corrected chi connectivity index (χ4v) is 3.92. The van der Waals surface area contributed by atoms with E-state index >= 15 is 0 Å². The van der Waals surface area contributed by atoms with E-state index in [4.69, 9.17) is 16.6 Å². The van der Waals surface area contributed by atoms with Crippen LogP contribution in [-0.2, 0) is 0 Å². The molecule has 114 valence electrons. The van der Waals surface area contributed by atoms with Gasteiger partial charge in [-0.05, 0) is 42.9 Å². The van der Waals surface area contributed by atoms with Gasteiger partial charge in [-0.2, -0.15) is 0 Å². The van der Waals surface area contributed by atoms with Crippen molar-refractivity contribution in [3.8, 4) is 0 Å². The van der Waals surface area contributed by atoms with Gasteiger partial charge in [0.1, 0.15) is 5.82 Å². The highest BCUT2D eigenvalue weighted by atomic mass is 35.5. The number of aromatic amines is 1.